The van der Waals surface area contributed by atoms with E-state index >= 15 is 0 Å². The summed E-state index contributed by atoms with van der Waals surface area (Å²) in [6.45, 7) is 1.16. The van der Waals surface area contributed by atoms with Crippen LogP contribution in [0.3, 0.4) is 0 Å². The van der Waals surface area contributed by atoms with Crippen LogP contribution in [0, 0.1) is 5.92 Å². The SMILES string of the molecule is O=C(NC1CCCCCCC1C(=O)O)c1ccc2c(c1)OCCCO2. The van der Waals surface area contributed by atoms with E-state index in [0.29, 0.717) is 43.1 Å². The molecule has 2 atom stereocenters. The molecule has 2 aliphatic rings. The lowest BCUT2D eigenvalue weighted by atomic mass is 9.86. The van der Waals surface area contributed by atoms with E-state index in [1.807, 2.05) is 0 Å². The van der Waals surface area contributed by atoms with Gasteiger partial charge in [-0.15, -0.1) is 0 Å². The van der Waals surface area contributed by atoms with Crippen LogP contribution in [-0.2, 0) is 4.79 Å². The zero-order valence-electron chi connectivity index (χ0n) is 14.3. The molecule has 0 saturated heterocycles. The third-order valence-electron chi connectivity index (χ3n) is 4.91. The molecule has 3 rings (SSSR count). The van der Waals surface area contributed by atoms with E-state index in [0.717, 1.165) is 32.1 Å². The Labute approximate surface area is 147 Å². The molecule has 2 N–H and O–H groups in total. The summed E-state index contributed by atoms with van der Waals surface area (Å²) < 4.78 is 11.2. The molecular weight excluding hydrogens is 322 g/mol. The van der Waals surface area contributed by atoms with Crippen molar-refractivity contribution in [3.63, 3.8) is 0 Å². The van der Waals surface area contributed by atoms with E-state index in [9.17, 15) is 14.7 Å². The quantitative estimate of drug-likeness (QED) is 0.878. The highest BCUT2D eigenvalue weighted by molar-refractivity contribution is 5.95. The lowest BCUT2D eigenvalue weighted by Crippen LogP contribution is -2.43. The van der Waals surface area contributed by atoms with Crippen LogP contribution in [0.15, 0.2) is 18.2 Å². The third-order valence-corrected chi connectivity index (χ3v) is 4.91. The standard InChI is InChI=1S/C19H25NO5/c21-18(13-8-9-16-17(12-13)25-11-5-10-24-16)20-15-7-4-2-1-3-6-14(15)19(22)23/h8-9,12,14-15H,1-7,10-11H2,(H,20,21)(H,22,23). The number of nitrogens with one attached hydrogen (secondary N) is 1. The van der Waals surface area contributed by atoms with Gasteiger partial charge in [0.2, 0.25) is 0 Å². The molecule has 1 heterocycles. The first-order chi connectivity index (χ1) is 12.1. The van der Waals surface area contributed by atoms with Gasteiger partial charge in [-0.1, -0.05) is 25.7 Å². The minimum Gasteiger partial charge on any atom is -0.490 e. The number of carboxylic acid groups (broad SMARTS) is 1. The monoisotopic (exact) mass is 347 g/mol. The predicted molar refractivity (Wildman–Crippen MR) is 92.1 cm³/mol. The smallest absolute Gasteiger partial charge is 0.308 e. The average Bonchev–Trinajstić information content (AvgIpc) is 2.81. The second-order valence-corrected chi connectivity index (χ2v) is 6.73. The Morgan fingerprint density at radius 3 is 2.44 bits per heavy atom. The summed E-state index contributed by atoms with van der Waals surface area (Å²) >= 11 is 0. The molecule has 0 spiro atoms. The van der Waals surface area contributed by atoms with Crippen LogP contribution >= 0.6 is 0 Å². The van der Waals surface area contributed by atoms with E-state index in [-0.39, 0.29) is 11.9 Å². The molecule has 1 aromatic rings. The molecular formula is C19H25NO5. The molecule has 0 radical (unpaired) electrons. The number of benzene rings is 1. The van der Waals surface area contributed by atoms with Gasteiger partial charge in [-0.2, -0.15) is 0 Å². The molecule has 1 fully saturated rings. The van der Waals surface area contributed by atoms with Gasteiger partial charge < -0.3 is 19.9 Å². The number of ether oxygens (including phenoxy) is 2. The maximum absolute atomic E-state index is 12.7. The predicted octanol–water partition coefficient (Wildman–Crippen LogP) is 3.00. The molecule has 1 aromatic carbocycles. The fourth-order valence-electron chi connectivity index (χ4n) is 3.51. The van der Waals surface area contributed by atoms with E-state index in [1.54, 1.807) is 18.2 Å². The highest BCUT2D eigenvalue weighted by Gasteiger charge is 2.30. The summed E-state index contributed by atoms with van der Waals surface area (Å²) in [5.74, 6) is -0.399. The summed E-state index contributed by atoms with van der Waals surface area (Å²) in [5.41, 5.74) is 0.468. The van der Waals surface area contributed by atoms with Crippen LogP contribution in [0.2, 0.25) is 0 Å². The first-order valence-corrected chi connectivity index (χ1v) is 9.08. The largest absolute Gasteiger partial charge is 0.490 e. The second kappa shape index (κ2) is 8.23. The lowest BCUT2D eigenvalue weighted by Gasteiger charge is -2.27. The van der Waals surface area contributed by atoms with Gasteiger partial charge in [0, 0.05) is 18.0 Å². The fourth-order valence-corrected chi connectivity index (χ4v) is 3.51. The van der Waals surface area contributed by atoms with Crippen LogP contribution < -0.4 is 14.8 Å². The highest BCUT2D eigenvalue weighted by atomic mass is 16.5. The van der Waals surface area contributed by atoms with Crippen LogP contribution in [0.25, 0.3) is 0 Å². The molecule has 2 unspecified atom stereocenters. The van der Waals surface area contributed by atoms with E-state index in [1.165, 1.54) is 0 Å². The van der Waals surface area contributed by atoms with E-state index in [4.69, 9.17) is 9.47 Å². The Morgan fingerprint density at radius 1 is 0.960 bits per heavy atom. The summed E-state index contributed by atoms with van der Waals surface area (Å²) in [4.78, 5) is 24.2. The number of carbonyl (C=O) groups excluding carboxylic acids is 1. The number of rotatable bonds is 3. The van der Waals surface area contributed by atoms with Crippen molar-refractivity contribution in [1.29, 1.82) is 0 Å². The molecule has 25 heavy (non-hydrogen) atoms. The van der Waals surface area contributed by atoms with Crippen molar-refractivity contribution in [2.75, 3.05) is 13.2 Å². The molecule has 1 aliphatic heterocycles. The number of fused-ring (bicyclic) bond motifs is 1. The molecule has 1 aliphatic carbocycles. The van der Waals surface area contributed by atoms with Crippen LogP contribution in [0.1, 0.15) is 55.3 Å². The molecule has 0 bridgehead atoms. The Morgan fingerprint density at radius 2 is 1.68 bits per heavy atom. The highest BCUT2D eigenvalue weighted by Crippen LogP contribution is 2.31. The Kier molecular flexibility index (Phi) is 5.79. The minimum absolute atomic E-state index is 0.257. The fraction of sp³-hybridized carbons (Fsp3) is 0.579. The average molecular weight is 347 g/mol. The second-order valence-electron chi connectivity index (χ2n) is 6.73. The Bertz CT molecular complexity index is 630. The maximum Gasteiger partial charge on any atom is 0.308 e. The number of amides is 1. The number of hydrogen-bond acceptors (Lipinski definition) is 4. The van der Waals surface area contributed by atoms with Crippen LogP contribution in [0.5, 0.6) is 11.5 Å². The molecule has 1 saturated carbocycles. The van der Waals surface area contributed by atoms with Gasteiger partial charge in [-0.05, 0) is 31.0 Å². The van der Waals surface area contributed by atoms with Crippen molar-refractivity contribution in [3.05, 3.63) is 23.8 Å². The van der Waals surface area contributed by atoms with Gasteiger partial charge in [-0.25, -0.2) is 0 Å². The lowest BCUT2D eigenvalue weighted by molar-refractivity contribution is -0.143. The van der Waals surface area contributed by atoms with Crippen molar-refractivity contribution in [2.24, 2.45) is 5.92 Å². The first-order valence-electron chi connectivity index (χ1n) is 9.08. The van der Waals surface area contributed by atoms with Crippen LogP contribution in [-0.4, -0.2) is 36.2 Å². The van der Waals surface area contributed by atoms with Gasteiger partial charge in [0.1, 0.15) is 0 Å². The molecule has 6 heteroatoms. The zero-order chi connectivity index (χ0) is 17.6. The van der Waals surface area contributed by atoms with Crippen molar-refractivity contribution < 1.29 is 24.2 Å². The van der Waals surface area contributed by atoms with Crippen molar-refractivity contribution >= 4 is 11.9 Å². The molecule has 1 amide bonds. The Hall–Kier alpha value is -2.24. The van der Waals surface area contributed by atoms with Gasteiger partial charge >= 0.3 is 5.97 Å². The maximum atomic E-state index is 12.7. The normalized spacial score (nSPS) is 23.7. The molecule has 136 valence electrons. The molecule has 6 nitrogen and oxygen atoms in total. The Balaban J connectivity index is 1.73. The van der Waals surface area contributed by atoms with Crippen molar-refractivity contribution in [3.8, 4) is 11.5 Å². The summed E-state index contributed by atoms with van der Waals surface area (Å²) in [5, 5.41) is 12.5. The third kappa shape index (κ3) is 4.44. The topological polar surface area (TPSA) is 84.9 Å². The molecule has 0 aromatic heterocycles. The van der Waals surface area contributed by atoms with Gasteiger partial charge in [0.25, 0.3) is 5.91 Å². The van der Waals surface area contributed by atoms with Crippen molar-refractivity contribution in [1.82, 2.24) is 5.32 Å². The number of aliphatic carboxylic acids is 1. The summed E-state index contributed by atoms with van der Waals surface area (Å²) in [6.07, 6.45) is 6.10. The summed E-state index contributed by atoms with van der Waals surface area (Å²) in [6, 6.07) is 4.78. The van der Waals surface area contributed by atoms with E-state index < -0.39 is 11.9 Å². The number of carboxylic acids is 1. The van der Waals surface area contributed by atoms with E-state index in [2.05, 4.69) is 5.32 Å². The van der Waals surface area contributed by atoms with Gasteiger partial charge in [0.05, 0.1) is 19.1 Å². The van der Waals surface area contributed by atoms with Gasteiger partial charge in [0.15, 0.2) is 11.5 Å². The number of carbonyl (C=O) groups is 2. The van der Waals surface area contributed by atoms with Crippen molar-refractivity contribution in [2.45, 2.75) is 51.0 Å². The first kappa shape index (κ1) is 17.6. The number of hydrogen-bond donors (Lipinski definition) is 2. The minimum atomic E-state index is -0.828. The van der Waals surface area contributed by atoms with Gasteiger partial charge in [-0.3, -0.25) is 9.59 Å². The zero-order valence-corrected chi connectivity index (χ0v) is 14.3. The van der Waals surface area contributed by atoms with Crippen LogP contribution in [0.4, 0.5) is 0 Å². The summed E-state index contributed by atoms with van der Waals surface area (Å²) in [7, 11) is 0.